The number of pyridine rings is 1. The minimum Gasteiger partial charge on any atom is -0.378 e. The molecule has 0 saturated heterocycles. The predicted octanol–water partition coefficient (Wildman–Crippen LogP) is 1.49. The lowest BCUT2D eigenvalue weighted by Crippen LogP contribution is -2.15. The Morgan fingerprint density at radius 3 is 2.59 bits per heavy atom. The van der Waals surface area contributed by atoms with E-state index in [-0.39, 0.29) is 0 Å². The van der Waals surface area contributed by atoms with Crippen molar-refractivity contribution in [1.29, 1.82) is 0 Å². The summed E-state index contributed by atoms with van der Waals surface area (Å²) in [6.07, 6.45) is -3.56. The van der Waals surface area contributed by atoms with E-state index in [1.807, 2.05) is 0 Å². The molecule has 0 spiro atoms. The minimum absolute atomic E-state index is 0.384. The van der Waals surface area contributed by atoms with Crippen LogP contribution < -0.4 is 11.1 Å². The molecule has 1 aromatic rings. The molecule has 1 heterocycles. The van der Waals surface area contributed by atoms with Gasteiger partial charge in [0.15, 0.2) is 0 Å². The summed E-state index contributed by atoms with van der Waals surface area (Å²) in [6.45, 7) is 1.80. The lowest BCUT2D eigenvalue weighted by atomic mass is 10.3. The number of rotatable bonds is 6. The van der Waals surface area contributed by atoms with Crippen molar-refractivity contribution in [3.8, 4) is 0 Å². The van der Waals surface area contributed by atoms with Gasteiger partial charge in [-0.05, 0) is 12.1 Å². The standard InChI is InChI=1S/C10H14F3N3O/c11-10(12,13)8-1-2-9(16-7-8)15-4-6-17-5-3-14/h1-2,7H,3-6,14H2,(H,15,16). The number of alkyl halides is 3. The van der Waals surface area contributed by atoms with E-state index in [0.717, 1.165) is 12.3 Å². The van der Waals surface area contributed by atoms with Gasteiger partial charge in [-0.2, -0.15) is 13.2 Å². The first-order valence-electron chi connectivity index (χ1n) is 5.09. The van der Waals surface area contributed by atoms with E-state index in [0.29, 0.717) is 32.1 Å². The first-order chi connectivity index (χ1) is 8.04. The van der Waals surface area contributed by atoms with Crippen LogP contribution in [-0.4, -0.2) is 31.3 Å². The molecular weight excluding hydrogens is 235 g/mol. The van der Waals surface area contributed by atoms with Crippen molar-refractivity contribution in [2.24, 2.45) is 5.73 Å². The topological polar surface area (TPSA) is 60.2 Å². The zero-order valence-corrected chi connectivity index (χ0v) is 9.13. The Kier molecular flexibility index (Phi) is 5.17. The third kappa shape index (κ3) is 5.01. The predicted molar refractivity (Wildman–Crippen MR) is 57.6 cm³/mol. The molecular formula is C10H14F3N3O. The number of nitrogens with two attached hydrogens (primary N) is 1. The van der Waals surface area contributed by atoms with Gasteiger partial charge in [-0.25, -0.2) is 4.98 Å². The number of anilines is 1. The Morgan fingerprint density at radius 2 is 2.06 bits per heavy atom. The number of nitrogens with zero attached hydrogens (tertiary/aromatic N) is 1. The van der Waals surface area contributed by atoms with Crippen molar-refractivity contribution in [2.75, 3.05) is 31.6 Å². The highest BCUT2D eigenvalue weighted by Gasteiger charge is 2.30. The van der Waals surface area contributed by atoms with Gasteiger partial charge in [0.1, 0.15) is 5.82 Å². The average molecular weight is 249 g/mol. The molecule has 0 bridgehead atoms. The van der Waals surface area contributed by atoms with Gasteiger partial charge < -0.3 is 15.8 Å². The molecule has 1 rings (SSSR count). The molecule has 0 unspecified atom stereocenters. The van der Waals surface area contributed by atoms with Crippen LogP contribution in [0, 0.1) is 0 Å². The fraction of sp³-hybridized carbons (Fsp3) is 0.500. The van der Waals surface area contributed by atoms with Crippen LogP contribution in [0.5, 0.6) is 0 Å². The number of nitrogens with one attached hydrogen (secondary N) is 1. The highest BCUT2D eigenvalue weighted by atomic mass is 19.4. The number of ether oxygens (including phenoxy) is 1. The Labute approximate surface area is 97.0 Å². The third-order valence-electron chi connectivity index (χ3n) is 1.91. The van der Waals surface area contributed by atoms with Gasteiger partial charge in [0.05, 0.1) is 18.8 Å². The van der Waals surface area contributed by atoms with E-state index in [2.05, 4.69) is 10.3 Å². The van der Waals surface area contributed by atoms with Crippen molar-refractivity contribution in [3.63, 3.8) is 0 Å². The number of halogens is 3. The van der Waals surface area contributed by atoms with E-state index in [1.165, 1.54) is 6.07 Å². The number of hydrogen-bond donors (Lipinski definition) is 2. The second kappa shape index (κ2) is 6.41. The van der Waals surface area contributed by atoms with Crippen LogP contribution in [0.2, 0.25) is 0 Å². The first-order valence-corrected chi connectivity index (χ1v) is 5.09. The summed E-state index contributed by atoms with van der Waals surface area (Å²) in [5.74, 6) is 0.384. The van der Waals surface area contributed by atoms with Crippen molar-refractivity contribution in [1.82, 2.24) is 4.98 Å². The summed E-state index contributed by atoms with van der Waals surface area (Å²) >= 11 is 0. The summed E-state index contributed by atoms with van der Waals surface area (Å²) < 4.78 is 41.7. The van der Waals surface area contributed by atoms with E-state index in [1.54, 1.807) is 0 Å². The first kappa shape index (κ1) is 13.7. The zero-order chi connectivity index (χ0) is 12.7. The summed E-state index contributed by atoms with van der Waals surface area (Å²) in [6, 6.07) is 2.27. The lowest BCUT2D eigenvalue weighted by Gasteiger charge is -2.08. The molecule has 0 aliphatic carbocycles. The van der Waals surface area contributed by atoms with Crippen LogP contribution in [0.1, 0.15) is 5.56 Å². The van der Waals surface area contributed by atoms with Gasteiger partial charge in [-0.3, -0.25) is 0 Å². The van der Waals surface area contributed by atoms with Gasteiger partial charge in [0, 0.05) is 19.3 Å². The number of hydrogen-bond acceptors (Lipinski definition) is 4. The maximum absolute atomic E-state index is 12.2. The molecule has 0 aliphatic rings. The average Bonchev–Trinajstić information content (AvgIpc) is 2.28. The zero-order valence-electron chi connectivity index (χ0n) is 9.13. The molecule has 0 saturated carbocycles. The molecule has 0 atom stereocenters. The molecule has 3 N–H and O–H groups in total. The molecule has 4 nitrogen and oxygen atoms in total. The van der Waals surface area contributed by atoms with Crippen molar-refractivity contribution in [3.05, 3.63) is 23.9 Å². The van der Waals surface area contributed by atoms with E-state index >= 15 is 0 Å². The van der Waals surface area contributed by atoms with Crippen LogP contribution in [0.25, 0.3) is 0 Å². The van der Waals surface area contributed by atoms with Gasteiger partial charge in [-0.15, -0.1) is 0 Å². The van der Waals surface area contributed by atoms with Crippen LogP contribution in [0.3, 0.4) is 0 Å². The van der Waals surface area contributed by atoms with E-state index in [4.69, 9.17) is 10.5 Å². The largest absolute Gasteiger partial charge is 0.417 e. The van der Waals surface area contributed by atoms with Gasteiger partial charge in [0.2, 0.25) is 0 Å². The summed E-state index contributed by atoms with van der Waals surface area (Å²) in [7, 11) is 0. The Morgan fingerprint density at radius 1 is 1.29 bits per heavy atom. The summed E-state index contributed by atoms with van der Waals surface area (Å²) in [5.41, 5.74) is 4.45. The molecule has 0 fully saturated rings. The SMILES string of the molecule is NCCOCCNc1ccc(C(F)(F)F)cn1. The second-order valence-corrected chi connectivity index (χ2v) is 3.26. The highest BCUT2D eigenvalue weighted by molar-refractivity contribution is 5.35. The molecule has 0 aliphatic heterocycles. The van der Waals surface area contributed by atoms with Gasteiger partial charge in [-0.1, -0.05) is 0 Å². The fourth-order valence-corrected chi connectivity index (χ4v) is 1.10. The second-order valence-electron chi connectivity index (χ2n) is 3.26. The van der Waals surface area contributed by atoms with Crippen molar-refractivity contribution < 1.29 is 17.9 Å². The van der Waals surface area contributed by atoms with Gasteiger partial charge >= 0.3 is 6.18 Å². The quantitative estimate of drug-likeness (QED) is 0.750. The minimum atomic E-state index is -4.35. The van der Waals surface area contributed by atoms with Crippen molar-refractivity contribution >= 4 is 5.82 Å². The molecule has 1 aromatic heterocycles. The molecule has 0 radical (unpaired) electrons. The maximum atomic E-state index is 12.2. The molecule has 0 amide bonds. The maximum Gasteiger partial charge on any atom is 0.417 e. The smallest absolute Gasteiger partial charge is 0.378 e. The van der Waals surface area contributed by atoms with E-state index < -0.39 is 11.7 Å². The van der Waals surface area contributed by atoms with Gasteiger partial charge in [0.25, 0.3) is 0 Å². The molecule has 96 valence electrons. The summed E-state index contributed by atoms with van der Waals surface area (Å²) in [5, 5.41) is 2.84. The fourth-order valence-electron chi connectivity index (χ4n) is 1.10. The highest BCUT2D eigenvalue weighted by Crippen LogP contribution is 2.28. The monoisotopic (exact) mass is 249 g/mol. The summed E-state index contributed by atoms with van der Waals surface area (Å²) in [4.78, 5) is 3.65. The molecule has 7 heteroatoms. The Hall–Kier alpha value is -1.34. The van der Waals surface area contributed by atoms with Crippen LogP contribution in [-0.2, 0) is 10.9 Å². The normalized spacial score (nSPS) is 11.5. The molecule has 17 heavy (non-hydrogen) atoms. The van der Waals surface area contributed by atoms with Crippen LogP contribution in [0.15, 0.2) is 18.3 Å². The van der Waals surface area contributed by atoms with Crippen molar-refractivity contribution in [2.45, 2.75) is 6.18 Å². The Balaban J connectivity index is 2.36. The third-order valence-corrected chi connectivity index (χ3v) is 1.91. The van der Waals surface area contributed by atoms with E-state index in [9.17, 15) is 13.2 Å². The lowest BCUT2D eigenvalue weighted by molar-refractivity contribution is -0.137. The van der Waals surface area contributed by atoms with Crippen LogP contribution >= 0.6 is 0 Å². The number of aromatic nitrogens is 1. The Bertz CT molecular complexity index is 327. The van der Waals surface area contributed by atoms with Crippen LogP contribution in [0.4, 0.5) is 19.0 Å². The molecule has 0 aromatic carbocycles.